The van der Waals surface area contributed by atoms with E-state index in [2.05, 4.69) is 4.90 Å². The molecule has 6 heteroatoms. The Balaban J connectivity index is 1.46. The summed E-state index contributed by atoms with van der Waals surface area (Å²) in [5.74, 6) is 0. The van der Waals surface area contributed by atoms with Crippen molar-refractivity contribution in [2.75, 3.05) is 19.6 Å². The van der Waals surface area contributed by atoms with E-state index in [9.17, 15) is 18.3 Å². The van der Waals surface area contributed by atoms with Crippen molar-refractivity contribution < 1.29 is 23.0 Å². The molecule has 3 nitrogen and oxygen atoms in total. The van der Waals surface area contributed by atoms with E-state index in [1.54, 1.807) is 0 Å². The van der Waals surface area contributed by atoms with Crippen LogP contribution in [0.25, 0.3) is 0 Å². The maximum absolute atomic E-state index is 12.6. The Morgan fingerprint density at radius 3 is 2.12 bits per heavy atom. The fraction of sp³-hybridized carbons (Fsp3) is 0.667. The summed E-state index contributed by atoms with van der Waals surface area (Å²) in [6.07, 6.45) is 1.17. The van der Waals surface area contributed by atoms with Crippen molar-refractivity contribution in [3.05, 3.63) is 35.4 Å². The number of rotatable bonds is 5. The zero-order valence-electron chi connectivity index (χ0n) is 13.6. The quantitative estimate of drug-likeness (QED) is 0.883. The molecule has 1 atom stereocenters. The molecular formula is C18H24F3NO2. The molecule has 24 heavy (non-hydrogen) atoms. The highest BCUT2D eigenvalue weighted by atomic mass is 19.4. The van der Waals surface area contributed by atoms with Crippen LogP contribution < -0.4 is 0 Å². The third-order valence-electron chi connectivity index (χ3n) is 5.03. The Morgan fingerprint density at radius 1 is 1.04 bits per heavy atom. The molecule has 1 aromatic carbocycles. The van der Waals surface area contributed by atoms with Gasteiger partial charge in [-0.3, -0.25) is 0 Å². The number of likely N-dealkylation sites (tertiary alicyclic amines) is 1. The molecule has 1 saturated heterocycles. The molecule has 1 heterocycles. The number of halogens is 3. The topological polar surface area (TPSA) is 32.7 Å². The lowest BCUT2D eigenvalue weighted by atomic mass is 9.95. The molecule has 1 N–H and O–H groups in total. The smallest absolute Gasteiger partial charge is 0.387 e. The van der Waals surface area contributed by atoms with Crippen LogP contribution >= 0.6 is 0 Å². The summed E-state index contributed by atoms with van der Waals surface area (Å²) in [5, 5.41) is 10.3. The van der Waals surface area contributed by atoms with E-state index in [1.807, 2.05) is 0 Å². The van der Waals surface area contributed by atoms with Crippen molar-refractivity contribution >= 4 is 0 Å². The fourth-order valence-corrected chi connectivity index (χ4v) is 3.25. The van der Waals surface area contributed by atoms with Crippen LogP contribution in [0.2, 0.25) is 0 Å². The zero-order valence-corrected chi connectivity index (χ0v) is 13.6. The van der Waals surface area contributed by atoms with Gasteiger partial charge >= 0.3 is 6.18 Å². The van der Waals surface area contributed by atoms with Crippen LogP contribution in [0, 0.1) is 0 Å². The van der Waals surface area contributed by atoms with Crippen LogP contribution in [0.1, 0.15) is 49.3 Å². The Hall–Kier alpha value is -1.11. The number of hydrogen-bond acceptors (Lipinski definition) is 3. The molecule has 1 aliphatic carbocycles. The molecule has 1 aliphatic heterocycles. The number of benzene rings is 1. The van der Waals surface area contributed by atoms with Gasteiger partial charge in [0.25, 0.3) is 0 Å². The summed E-state index contributed by atoms with van der Waals surface area (Å²) in [6, 6.07) is 4.77. The van der Waals surface area contributed by atoms with Gasteiger partial charge in [0.2, 0.25) is 0 Å². The second-order valence-electron chi connectivity index (χ2n) is 6.82. The van der Waals surface area contributed by atoms with E-state index in [1.165, 1.54) is 31.4 Å². The van der Waals surface area contributed by atoms with Gasteiger partial charge in [-0.1, -0.05) is 12.1 Å². The number of aliphatic hydroxyl groups is 1. The zero-order chi connectivity index (χ0) is 17.2. The highest BCUT2D eigenvalue weighted by Gasteiger charge is 2.30. The van der Waals surface area contributed by atoms with Crippen LogP contribution in [0.3, 0.4) is 0 Å². The van der Waals surface area contributed by atoms with Gasteiger partial charge in [-0.15, -0.1) is 0 Å². The summed E-state index contributed by atoms with van der Waals surface area (Å²) >= 11 is 0. The minimum Gasteiger partial charge on any atom is -0.387 e. The standard InChI is InChI=1S/C18H24F3NO2/c19-18(20,21)14-6-4-13(5-7-14)17(23)12-22-10-8-16(9-11-22)24-15-2-1-3-15/h4-7,15-17,23H,1-3,8-12H2/t17-/m1/s1. The van der Waals surface area contributed by atoms with Crippen LogP contribution in [0.4, 0.5) is 13.2 Å². The monoisotopic (exact) mass is 343 g/mol. The molecule has 0 aromatic heterocycles. The SMILES string of the molecule is O[C@H](CN1CCC(OC2CCC2)CC1)c1ccc(C(F)(F)F)cc1. The van der Waals surface area contributed by atoms with Gasteiger partial charge in [-0.25, -0.2) is 0 Å². The normalized spacial score (nSPS) is 22.3. The van der Waals surface area contributed by atoms with Crippen LogP contribution in [-0.4, -0.2) is 41.8 Å². The number of piperidine rings is 1. The molecule has 0 radical (unpaired) electrons. The predicted octanol–water partition coefficient (Wildman–Crippen LogP) is 3.77. The van der Waals surface area contributed by atoms with Crippen molar-refractivity contribution in [2.24, 2.45) is 0 Å². The molecule has 2 aliphatic rings. The summed E-state index contributed by atoms with van der Waals surface area (Å²) in [6.45, 7) is 2.16. The van der Waals surface area contributed by atoms with Crippen molar-refractivity contribution in [1.29, 1.82) is 0 Å². The Morgan fingerprint density at radius 2 is 1.62 bits per heavy atom. The average Bonchev–Trinajstić information content (AvgIpc) is 2.52. The molecule has 0 unspecified atom stereocenters. The summed E-state index contributed by atoms with van der Waals surface area (Å²) in [4.78, 5) is 2.16. The van der Waals surface area contributed by atoms with E-state index in [-0.39, 0.29) is 0 Å². The predicted molar refractivity (Wildman–Crippen MR) is 84.6 cm³/mol. The number of nitrogens with zero attached hydrogens (tertiary/aromatic N) is 1. The molecular weight excluding hydrogens is 319 g/mol. The summed E-state index contributed by atoms with van der Waals surface area (Å²) < 4.78 is 43.7. The van der Waals surface area contributed by atoms with Crippen LogP contribution in [0.5, 0.6) is 0 Å². The maximum Gasteiger partial charge on any atom is 0.416 e. The first-order valence-corrected chi connectivity index (χ1v) is 8.65. The van der Waals surface area contributed by atoms with Crippen molar-refractivity contribution in [2.45, 2.75) is 56.6 Å². The van der Waals surface area contributed by atoms with E-state index in [0.29, 0.717) is 24.3 Å². The molecule has 1 saturated carbocycles. The average molecular weight is 343 g/mol. The van der Waals surface area contributed by atoms with Gasteiger partial charge in [-0.2, -0.15) is 13.2 Å². The van der Waals surface area contributed by atoms with Gasteiger partial charge in [0, 0.05) is 19.6 Å². The first kappa shape index (κ1) is 17.7. The largest absolute Gasteiger partial charge is 0.416 e. The maximum atomic E-state index is 12.6. The van der Waals surface area contributed by atoms with Gasteiger partial charge in [0.05, 0.1) is 23.9 Å². The number of ether oxygens (including phenoxy) is 1. The molecule has 134 valence electrons. The van der Waals surface area contributed by atoms with E-state index in [4.69, 9.17) is 4.74 Å². The van der Waals surface area contributed by atoms with Gasteiger partial charge in [-0.05, 0) is 49.8 Å². The molecule has 0 spiro atoms. The van der Waals surface area contributed by atoms with E-state index < -0.39 is 17.8 Å². The Bertz CT molecular complexity index is 520. The highest BCUT2D eigenvalue weighted by Crippen LogP contribution is 2.30. The van der Waals surface area contributed by atoms with E-state index >= 15 is 0 Å². The molecule has 1 aromatic rings. The van der Waals surface area contributed by atoms with Crippen molar-refractivity contribution in [1.82, 2.24) is 4.90 Å². The fourth-order valence-electron chi connectivity index (χ4n) is 3.25. The lowest BCUT2D eigenvalue weighted by Crippen LogP contribution is -2.41. The molecule has 2 fully saturated rings. The Kier molecular flexibility index (Phi) is 5.47. The van der Waals surface area contributed by atoms with Crippen molar-refractivity contribution in [3.8, 4) is 0 Å². The minimum atomic E-state index is -4.34. The number of hydrogen-bond donors (Lipinski definition) is 1. The Labute approximate surface area is 140 Å². The second-order valence-corrected chi connectivity index (χ2v) is 6.82. The third-order valence-corrected chi connectivity index (χ3v) is 5.03. The van der Waals surface area contributed by atoms with Crippen molar-refractivity contribution in [3.63, 3.8) is 0 Å². The number of alkyl halides is 3. The first-order valence-electron chi connectivity index (χ1n) is 8.65. The summed E-state index contributed by atoms with van der Waals surface area (Å²) in [7, 11) is 0. The lowest BCUT2D eigenvalue weighted by molar-refractivity contribution is -0.137. The molecule has 0 bridgehead atoms. The van der Waals surface area contributed by atoms with Crippen LogP contribution in [0.15, 0.2) is 24.3 Å². The molecule has 3 rings (SSSR count). The highest BCUT2D eigenvalue weighted by molar-refractivity contribution is 5.26. The summed E-state index contributed by atoms with van der Waals surface area (Å²) in [5.41, 5.74) is -0.164. The third kappa shape index (κ3) is 4.49. The second kappa shape index (κ2) is 7.42. The minimum absolute atomic E-state index is 0.315. The van der Waals surface area contributed by atoms with Gasteiger partial charge in [0.15, 0.2) is 0 Å². The molecule has 0 amide bonds. The first-order chi connectivity index (χ1) is 11.4. The lowest BCUT2D eigenvalue weighted by Gasteiger charge is -2.37. The number of β-amino-alcohol motifs (C(OH)–C–C–N with tert-alkyl or cyclic N) is 1. The van der Waals surface area contributed by atoms with Gasteiger partial charge in [0.1, 0.15) is 0 Å². The van der Waals surface area contributed by atoms with Crippen LogP contribution in [-0.2, 0) is 10.9 Å². The van der Waals surface area contributed by atoms with Gasteiger partial charge < -0.3 is 14.7 Å². The number of aliphatic hydroxyl groups excluding tert-OH is 1. The van der Waals surface area contributed by atoms with E-state index in [0.717, 1.165) is 38.1 Å².